The highest BCUT2D eigenvalue weighted by atomic mass is 14.8. The Hall–Kier alpha value is 0. The molecule has 3 saturated carbocycles. The van der Waals surface area contributed by atoms with Crippen molar-refractivity contribution in [1.29, 1.82) is 0 Å². The predicted molar refractivity (Wildman–Crippen MR) is 32.5 cm³/mol. The molecule has 3 fully saturated rings. The van der Waals surface area contributed by atoms with E-state index in [9.17, 15) is 0 Å². The molecule has 0 unspecified atom stereocenters. The summed E-state index contributed by atoms with van der Waals surface area (Å²) in [5.74, 6) is 2.46. The van der Waals surface area contributed by atoms with Crippen LogP contribution in [-0.2, 0) is 0 Å². The lowest BCUT2D eigenvalue weighted by molar-refractivity contribution is 0.233. The standard InChI is InChI=1S/C8H12/c1-2-6(3-1)8-4-7(8)5-8/h6-7H,1-5H2. The second-order valence-electron chi connectivity index (χ2n) is 3.97. The van der Waals surface area contributed by atoms with Crippen molar-refractivity contribution >= 4 is 0 Å². The van der Waals surface area contributed by atoms with Crippen molar-refractivity contribution in [3.8, 4) is 0 Å². The van der Waals surface area contributed by atoms with Crippen LogP contribution in [0.4, 0.5) is 0 Å². The van der Waals surface area contributed by atoms with Crippen molar-refractivity contribution in [3.05, 3.63) is 0 Å². The summed E-state index contributed by atoms with van der Waals surface area (Å²) in [6, 6.07) is 0. The van der Waals surface area contributed by atoms with Gasteiger partial charge in [0.15, 0.2) is 0 Å². The first kappa shape index (κ1) is 3.92. The molecule has 3 aliphatic rings. The third kappa shape index (κ3) is 0.260. The monoisotopic (exact) mass is 108 g/mol. The van der Waals surface area contributed by atoms with E-state index in [1.54, 1.807) is 32.1 Å². The lowest BCUT2D eigenvalue weighted by Crippen LogP contribution is -2.16. The fraction of sp³-hybridized carbons (Fsp3) is 1.00. The van der Waals surface area contributed by atoms with Crippen LogP contribution in [0.5, 0.6) is 0 Å². The average molecular weight is 108 g/mol. The number of fused-ring (bicyclic) bond motifs is 1. The van der Waals surface area contributed by atoms with E-state index < -0.39 is 0 Å². The molecule has 0 saturated heterocycles. The number of hydrogen-bond acceptors (Lipinski definition) is 0. The Bertz CT molecular complexity index is 127. The van der Waals surface area contributed by atoms with Crippen molar-refractivity contribution in [2.45, 2.75) is 32.1 Å². The van der Waals surface area contributed by atoms with Gasteiger partial charge in [-0.3, -0.25) is 0 Å². The summed E-state index contributed by atoms with van der Waals surface area (Å²) in [5.41, 5.74) is 1.01. The van der Waals surface area contributed by atoms with E-state index in [0.717, 1.165) is 5.41 Å². The predicted octanol–water partition coefficient (Wildman–Crippen LogP) is 2.20. The third-order valence-corrected chi connectivity index (χ3v) is 3.66. The zero-order valence-electron chi connectivity index (χ0n) is 5.19. The highest BCUT2D eigenvalue weighted by Gasteiger charge is 2.72. The Morgan fingerprint density at radius 2 is 1.62 bits per heavy atom. The van der Waals surface area contributed by atoms with Gasteiger partial charge in [-0.15, -0.1) is 0 Å². The summed E-state index contributed by atoms with van der Waals surface area (Å²) in [7, 11) is 0. The molecular formula is C8H12. The average Bonchev–Trinajstić information content (AvgIpc) is 2.10. The van der Waals surface area contributed by atoms with E-state index in [4.69, 9.17) is 0 Å². The van der Waals surface area contributed by atoms with Crippen molar-refractivity contribution in [1.82, 2.24) is 0 Å². The minimum Gasteiger partial charge on any atom is -0.0527 e. The molecule has 0 aromatic heterocycles. The molecule has 44 valence electrons. The zero-order chi connectivity index (χ0) is 5.19. The van der Waals surface area contributed by atoms with Gasteiger partial charge >= 0.3 is 0 Å². The molecule has 0 heterocycles. The van der Waals surface area contributed by atoms with Crippen LogP contribution in [0.25, 0.3) is 0 Å². The van der Waals surface area contributed by atoms with Crippen LogP contribution < -0.4 is 0 Å². The second kappa shape index (κ2) is 0.872. The smallest absolute Gasteiger partial charge is 0.0235 e. The maximum absolute atomic E-state index is 1.62. The van der Waals surface area contributed by atoms with Crippen LogP contribution in [0.2, 0.25) is 0 Å². The van der Waals surface area contributed by atoms with Gasteiger partial charge in [-0.1, -0.05) is 6.42 Å². The Labute approximate surface area is 50.3 Å². The molecule has 0 aromatic rings. The molecule has 0 amide bonds. The van der Waals surface area contributed by atoms with Crippen molar-refractivity contribution < 1.29 is 0 Å². The Morgan fingerprint density at radius 1 is 1.00 bits per heavy atom. The van der Waals surface area contributed by atoms with Crippen LogP contribution >= 0.6 is 0 Å². The summed E-state index contributed by atoms with van der Waals surface area (Å²) >= 11 is 0. The second-order valence-corrected chi connectivity index (χ2v) is 3.97. The van der Waals surface area contributed by atoms with Gasteiger partial charge in [-0.05, 0) is 42.9 Å². The van der Waals surface area contributed by atoms with Crippen LogP contribution in [-0.4, -0.2) is 0 Å². The first-order chi connectivity index (χ1) is 3.92. The van der Waals surface area contributed by atoms with Crippen LogP contribution in [0.1, 0.15) is 32.1 Å². The molecule has 0 nitrogen and oxygen atoms in total. The summed E-state index contributed by atoms with van der Waals surface area (Å²) in [4.78, 5) is 0. The molecule has 0 aliphatic heterocycles. The van der Waals surface area contributed by atoms with Gasteiger partial charge in [0.05, 0.1) is 0 Å². The number of rotatable bonds is 1. The van der Waals surface area contributed by atoms with E-state index >= 15 is 0 Å². The fourth-order valence-electron chi connectivity index (χ4n) is 2.39. The molecule has 0 atom stereocenters. The van der Waals surface area contributed by atoms with E-state index in [0.29, 0.717) is 0 Å². The summed E-state index contributed by atoms with van der Waals surface area (Å²) in [6.07, 6.45) is 7.95. The zero-order valence-corrected chi connectivity index (χ0v) is 5.19. The normalized spacial score (nSPS) is 59.2. The van der Waals surface area contributed by atoms with Crippen molar-refractivity contribution in [3.63, 3.8) is 0 Å². The Morgan fingerprint density at radius 3 is 1.75 bits per heavy atom. The maximum atomic E-state index is 1.62. The van der Waals surface area contributed by atoms with Gasteiger partial charge < -0.3 is 0 Å². The van der Waals surface area contributed by atoms with Crippen LogP contribution in [0, 0.1) is 17.3 Å². The highest BCUT2D eigenvalue weighted by Crippen LogP contribution is 2.81. The molecule has 0 radical (unpaired) electrons. The molecule has 0 heteroatoms. The van der Waals surface area contributed by atoms with Gasteiger partial charge in [0.2, 0.25) is 0 Å². The molecular weight excluding hydrogens is 96.1 g/mol. The molecule has 0 bridgehead atoms. The van der Waals surface area contributed by atoms with Gasteiger partial charge in [-0.25, -0.2) is 0 Å². The first-order valence-electron chi connectivity index (χ1n) is 3.92. The van der Waals surface area contributed by atoms with Crippen LogP contribution in [0.3, 0.4) is 0 Å². The molecule has 0 aromatic carbocycles. The third-order valence-electron chi connectivity index (χ3n) is 3.66. The first-order valence-corrected chi connectivity index (χ1v) is 3.92. The van der Waals surface area contributed by atoms with E-state index in [1.807, 2.05) is 0 Å². The highest BCUT2D eigenvalue weighted by molar-refractivity contribution is 5.22. The van der Waals surface area contributed by atoms with E-state index in [2.05, 4.69) is 0 Å². The van der Waals surface area contributed by atoms with Gasteiger partial charge in [-0.2, -0.15) is 0 Å². The number of hydrogen-bond donors (Lipinski definition) is 0. The minimum atomic E-state index is 1.01. The summed E-state index contributed by atoms with van der Waals surface area (Å²) in [6.45, 7) is 0. The largest absolute Gasteiger partial charge is 0.0527 e. The minimum absolute atomic E-state index is 1.01. The van der Waals surface area contributed by atoms with Gasteiger partial charge in [0.25, 0.3) is 0 Å². The van der Waals surface area contributed by atoms with Gasteiger partial charge in [0, 0.05) is 0 Å². The van der Waals surface area contributed by atoms with Crippen molar-refractivity contribution in [2.75, 3.05) is 0 Å². The van der Waals surface area contributed by atoms with Crippen LogP contribution in [0.15, 0.2) is 0 Å². The van der Waals surface area contributed by atoms with E-state index in [-0.39, 0.29) is 0 Å². The molecule has 3 aliphatic carbocycles. The van der Waals surface area contributed by atoms with Gasteiger partial charge in [0.1, 0.15) is 0 Å². The van der Waals surface area contributed by atoms with E-state index in [1.165, 1.54) is 11.8 Å². The molecule has 8 heavy (non-hydrogen) atoms. The topological polar surface area (TPSA) is 0 Å². The summed E-state index contributed by atoms with van der Waals surface area (Å²) in [5, 5.41) is 0. The molecule has 0 N–H and O–H groups in total. The quantitative estimate of drug-likeness (QED) is 0.483. The Kier molecular flexibility index (Phi) is 0.427. The maximum Gasteiger partial charge on any atom is -0.0235 e. The molecule has 3 rings (SSSR count). The lowest BCUT2D eigenvalue weighted by atomic mass is 9.77. The fourth-order valence-corrected chi connectivity index (χ4v) is 2.39. The summed E-state index contributed by atoms with van der Waals surface area (Å²) < 4.78 is 0. The Balaban J connectivity index is 1.81. The SMILES string of the molecule is C1CC(C23CC2C3)C1. The molecule has 0 spiro atoms. The van der Waals surface area contributed by atoms with Crippen molar-refractivity contribution in [2.24, 2.45) is 17.3 Å². The lowest BCUT2D eigenvalue weighted by Gasteiger charge is -2.28.